The predicted molar refractivity (Wildman–Crippen MR) is 74.3 cm³/mol. The Morgan fingerprint density at radius 2 is 2.33 bits per heavy atom. The maximum Gasteiger partial charge on any atom is 0.407 e. The number of hydrogen-bond acceptors (Lipinski definition) is 6. The maximum absolute atomic E-state index is 11.5. The van der Waals surface area contributed by atoms with Gasteiger partial charge >= 0.3 is 6.09 Å². The first kappa shape index (κ1) is 15.3. The van der Waals surface area contributed by atoms with E-state index in [1.54, 1.807) is 13.0 Å². The minimum atomic E-state index is -0.419. The Kier molecular flexibility index (Phi) is 4.81. The van der Waals surface area contributed by atoms with Gasteiger partial charge in [-0.2, -0.15) is 0 Å². The minimum absolute atomic E-state index is 0.0697. The van der Waals surface area contributed by atoms with Gasteiger partial charge in [0.05, 0.1) is 19.2 Å². The van der Waals surface area contributed by atoms with Gasteiger partial charge in [-0.25, -0.2) is 10.6 Å². The Balaban J connectivity index is 1.91. The molecule has 116 valence electrons. The maximum atomic E-state index is 11.5. The van der Waals surface area contributed by atoms with Crippen molar-refractivity contribution in [1.29, 1.82) is 0 Å². The molecule has 0 spiro atoms. The first-order valence-corrected chi connectivity index (χ1v) is 6.70. The van der Waals surface area contributed by atoms with Crippen molar-refractivity contribution in [2.45, 2.75) is 25.9 Å². The second kappa shape index (κ2) is 6.59. The van der Waals surface area contributed by atoms with Gasteiger partial charge in [0.2, 0.25) is 0 Å². The molecule has 1 atom stereocenters. The summed E-state index contributed by atoms with van der Waals surface area (Å²) in [5, 5.41) is 2.77. The van der Waals surface area contributed by atoms with E-state index in [1.807, 2.05) is 0 Å². The zero-order valence-corrected chi connectivity index (χ0v) is 12.1. The summed E-state index contributed by atoms with van der Waals surface area (Å²) < 4.78 is 10.1. The minimum Gasteiger partial charge on any atom is -0.464 e. The third-order valence-corrected chi connectivity index (χ3v) is 3.50. The van der Waals surface area contributed by atoms with Gasteiger partial charge in [0.1, 0.15) is 11.5 Å². The van der Waals surface area contributed by atoms with E-state index in [-0.39, 0.29) is 11.9 Å². The summed E-state index contributed by atoms with van der Waals surface area (Å²) in [6.07, 6.45) is 0.433. The summed E-state index contributed by atoms with van der Waals surface area (Å²) in [5.74, 6) is 5.99. The number of amides is 2. The van der Waals surface area contributed by atoms with E-state index in [1.165, 1.54) is 7.11 Å². The molecule has 8 heteroatoms. The van der Waals surface area contributed by atoms with E-state index >= 15 is 0 Å². The second-order valence-electron chi connectivity index (χ2n) is 5.01. The molecule has 2 heterocycles. The number of nitrogen functional groups attached to an aromatic ring is 1. The van der Waals surface area contributed by atoms with Crippen LogP contribution in [0.1, 0.15) is 28.3 Å². The molecular weight excluding hydrogens is 276 g/mol. The van der Waals surface area contributed by atoms with Gasteiger partial charge < -0.3 is 14.5 Å². The number of hydrazine groups is 1. The fourth-order valence-electron chi connectivity index (χ4n) is 2.46. The lowest BCUT2D eigenvalue weighted by Crippen LogP contribution is -2.36. The number of ether oxygens (including phenoxy) is 1. The lowest BCUT2D eigenvalue weighted by atomic mass is 10.2. The highest BCUT2D eigenvalue weighted by atomic mass is 16.5. The topological polar surface area (TPSA) is 110 Å². The van der Waals surface area contributed by atoms with Crippen LogP contribution >= 0.6 is 0 Å². The van der Waals surface area contributed by atoms with Crippen LogP contribution < -0.4 is 16.6 Å². The summed E-state index contributed by atoms with van der Waals surface area (Å²) in [4.78, 5) is 24.8. The largest absolute Gasteiger partial charge is 0.464 e. The van der Waals surface area contributed by atoms with E-state index in [2.05, 4.69) is 20.4 Å². The van der Waals surface area contributed by atoms with Crippen molar-refractivity contribution in [3.05, 3.63) is 23.2 Å². The molecule has 1 saturated heterocycles. The van der Waals surface area contributed by atoms with Gasteiger partial charge in [0, 0.05) is 19.1 Å². The van der Waals surface area contributed by atoms with Crippen LogP contribution in [0.25, 0.3) is 0 Å². The van der Waals surface area contributed by atoms with Gasteiger partial charge in [-0.05, 0) is 19.4 Å². The van der Waals surface area contributed by atoms with Crippen LogP contribution in [-0.4, -0.2) is 43.1 Å². The number of nitrogens with two attached hydrogens (primary N) is 1. The SMILES string of the molecule is COC(=O)NC1CCN(Cc2cc(C(=O)NN)c(C)o2)C1. The normalized spacial score (nSPS) is 18.5. The van der Waals surface area contributed by atoms with E-state index < -0.39 is 6.09 Å². The third-order valence-electron chi connectivity index (χ3n) is 3.50. The quantitative estimate of drug-likeness (QED) is 0.413. The summed E-state index contributed by atoms with van der Waals surface area (Å²) >= 11 is 0. The molecule has 0 bridgehead atoms. The zero-order valence-electron chi connectivity index (χ0n) is 12.1. The average Bonchev–Trinajstić information content (AvgIpc) is 3.05. The Labute approximate surface area is 122 Å². The lowest BCUT2D eigenvalue weighted by Gasteiger charge is -2.14. The number of alkyl carbamates (subject to hydrolysis) is 1. The molecule has 1 aromatic heterocycles. The molecule has 1 aliphatic rings. The molecule has 1 fully saturated rings. The van der Waals surface area contributed by atoms with Crippen molar-refractivity contribution in [3.8, 4) is 0 Å². The predicted octanol–water partition coefficient (Wildman–Crippen LogP) is 0.122. The summed E-state index contributed by atoms with van der Waals surface area (Å²) in [5.41, 5.74) is 2.53. The van der Waals surface area contributed by atoms with Crippen LogP contribution in [0.4, 0.5) is 4.79 Å². The smallest absolute Gasteiger partial charge is 0.407 e. The van der Waals surface area contributed by atoms with Crippen molar-refractivity contribution in [2.24, 2.45) is 5.84 Å². The van der Waals surface area contributed by atoms with Gasteiger partial charge in [-0.1, -0.05) is 0 Å². The fourth-order valence-corrected chi connectivity index (χ4v) is 2.46. The molecule has 2 amide bonds. The van der Waals surface area contributed by atoms with Crippen LogP contribution in [0.3, 0.4) is 0 Å². The number of methoxy groups -OCH3 is 1. The first-order chi connectivity index (χ1) is 10.0. The molecule has 2 rings (SSSR count). The van der Waals surface area contributed by atoms with Crippen LogP contribution in [0.15, 0.2) is 10.5 Å². The third kappa shape index (κ3) is 3.73. The summed E-state index contributed by atoms with van der Waals surface area (Å²) in [6.45, 7) is 3.86. The summed E-state index contributed by atoms with van der Waals surface area (Å²) in [6, 6.07) is 1.76. The molecule has 0 aliphatic carbocycles. The van der Waals surface area contributed by atoms with Crippen molar-refractivity contribution >= 4 is 12.0 Å². The van der Waals surface area contributed by atoms with Crippen molar-refractivity contribution in [3.63, 3.8) is 0 Å². The molecule has 8 nitrogen and oxygen atoms in total. The van der Waals surface area contributed by atoms with Gasteiger partial charge in [0.15, 0.2) is 0 Å². The van der Waals surface area contributed by atoms with Gasteiger partial charge in [-0.15, -0.1) is 0 Å². The molecule has 4 N–H and O–H groups in total. The highest BCUT2D eigenvalue weighted by molar-refractivity contribution is 5.94. The first-order valence-electron chi connectivity index (χ1n) is 6.70. The standard InChI is InChI=1S/C13H20N4O4/c1-8-11(12(18)16-14)5-10(21-8)7-17-4-3-9(6-17)15-13(19)20-2/h5,9H,3-4,6-7,14H2,1-2H3,(H,15,19)(H,16,18). The van der Waals surface area contributed by atoms with Crippen LogP contribution in [-0.2, 0) is 11.3 Å². The zero-order chi connectivity index (χ0) is 15.4. The Morgan fingerprint density at radius 1 is 1.57 bits per heavy atom. The Bertz CT molecular complexity index is 528. The molecular formula is C13H20N4O4. The Hall–Kier alpha value is -2.06. The molecule has 21 heavy (non-hydrogen) atoms. The number of hydrogen-bond donors (Lipinski definition) is 3. The molecule has 0 radical (unpaired) electrons. The number of nitrogens with one attached hydrogen (secondary N) is 2. The van der Waals surface area contributed by atoms with E-state index in [9.17, 15) is 9.59 Å². The van der Waals surface area contributed by atoms with Gasteiger partial charge in [0.25, 0.3) is 5.91 Å². The van der Waals surface area contributed by atoms with E-state index in [4.69, 9.17) is 10.3 Å². The van der Waals surface area contributed by atoms with E-state index in [0.29, 0.717) is 30.2 Å². The molecule has 0 saturated carbocycles. The van der Waals surface area contributed by atoms with Gasteiger partial charge in [-0.3, -0.25) is 15.1 Å². The number of rotatable bonds is 4. The monoisotopic (exact) mass is 296 g/mol. The second-order valence-corrected chi connectivity index (χ2v) is 5.01. The van der Waals surface area contributed by atoms with Crippen molar-refractivity contribution in [2.75, 3.05) is 20.2 Å². The summed E-state index contributed by atoms with van der Waals surface area (Å²) in [7, 11) is 1.34. The Morgan fingerprint density at radius 3 is 3.00 bits per heavy atom. The fraction of sp³-hybridized carbons (Fsp3) is 0.538. The molecule has 1 aromatic rings. The van der Waals surface area contributed by atoms with Crippen molar-refractivity contribution in [1.82, 2.24) is 15.6 Å². The van der Waals surface area contributed by atoms with Crippen LogP contribution in [0.2, 0.25) is 0 Å². The number of aryl methyl sites for hydroxylation is 1. The number of likely N-dealkylation sites (tertiary alicyclic amines) is 1. The molecule has 1 unspecified atom stereocenters. The number of furan rings is 1. The highest BCUT2D eigenvalue weighted by Gasteiger charge is 2.25. The van der Waals surface area contributed by atoms with Crippen LogP contribution in [0, 0.1) is 6.92 Å². The van der Waals surface area contributed by atoms with Crippen LogP contribution in [0.5, 0.6) is 0 Å². The molecule has 0 aromatic carbocycles. The van der Waals surface area contributed by atoms with Crippen molar-refractivity contribution < 1.29 is 18.7 Å². The lowest BCUT2D eigenvalue weighted by molar-refractivity contribution is 0.0952. The molecule has 1 aliphatic heterocycles. The highest BCUT2D eigenvalue weighted by Crippen LogP contribution is 2.19. The van der Waals surface area contributed by atoms with E-state index in [0.717, 1.165) is 13.0 Å². The number of nitrogens with zero attached hydrogens (tertiary/aromatic N) is 1. The average molecular weight is 296 g/mol. The number of carbonyl (C=O) groups is 2. The number of carbonyl (C=O) groups excluding carboxylic acids is 2.